The highest BCUT2D eigenvalue weighted by Crippen LogP contribution is 2.18. The Morgan fingerprint density at radius 3 is 2.31 bits per heavy atom. The molecule has 0 spiro atoms. The Balaban J connectivity index is 1.98. The predicted molar refractivity (Wildman–Crippen MR) is 98.8 cm³/mol. The SMILES string of the molecule is CC(=O)OCCCS(=O)(=O)c1cccc(NC(=O)Nc2ccccc2)c1. The van der Waals surface area contributed by atoms with E-state index >= 15 is 0 Å². The van der Waals surface area contributed by atoms with Gasteiger partial charge in [-0.25, -0.2) is 13.2 Å². The fourth-order valence-electron chi connectivity index (χ4n) is 2.16. The number of para-hydroxylation sites is 1. The maximum atomic E-state index is 12.3. The summed E-state index contributed by atoms with van der Waals surface area (Å²) in [6.07, 6.45) is 0.202. The second-order valence-electron chi connectivity index (χ2n) is 5.49. The molecule has 138 valence electrons. The molecular weight excluding hydrogens is 356 g/mol. The van der Waals surface area contributed by atoms with Crippen LogP contribution in [0.3, 0.4) is 0 Å². The molecule has 0 aromatic heterocycles. The fraction of sp³-hybridized carbons (Fsp3) is 0.222. The number of esters is 1. The van der Waals surface area contributed by atoms with Crippen molar-refractivity contribution in [2.45, 2.75) is 18.2 Å². The van der Waals surface area contributed by atoms with Gasteiger partial charge in [-0.15, -0.1) is 0 Å². The Morgan fingerprint density at radius 2 is 1.62 bits per heavy atom. The van der Waals surface area contributed by atoms with Gasteiger partial charge in [0.2, 0.25) is 0 Å². The summed E-state index contributed by atoms with van der Waals surface area (Å²) in [5, 5.41) is 5.25. The van der Waals surface area contributed by atoms with E-state index < -0.39 is 21.8 Å². The molecule has 0 heterocycles. The van der Waals surface area contributed by atoms with E-state index in [4.69, 9.17) is 4.74 Å². The van der Waals surface area contributed by atoms with Crippen molar-refractivity contribution in [3.8, 4) is 0 Å². The van der Waals surface area contributed by atoms with Crippen LogP contribution >= 0.6 is 0 Å². The van der Waals surface area contributed by atoms with Crippen LogP contribution in [0.25, 0.3) is 0 Å². The average Bonchev–Trinajstić information content (AvgIpc) is 2.59. The van der Waals surface area contributed by atoms with Crippen LogP contribution in [0.2, 0.25) is 0 Å². The Hall–Kier alpha value is -2.87. The number of hydrogen-bond acceptors (Lipinski definition) is 5. The van der Waals surface area contributed by atoms with Crippen LogP contribution in [0.5, 0.6) is 0 Å². The molecule has 8 heteroatoms. The highest BCUT2D eigenvalue weighted by molar-refractivity contribution is 7.91. The lowest BCUT2D eigenvalue weighted by atomic mass is 10.3. The van der Waals surface area contributed by atoms with Crippen LogP contribution in [0, 0.1) is 0 Å². The summed E-state index contributed by atoms with van der Waals surface area (Å²) < 4.78 is 29.4. The third kappa shape index (κ3) is 6.21. The van der Waals surface area contributed by atoms with E-state index in [1.165, 1.54) is 19.1 Å². The molecule has 0 aliphatic heterocycles. The molecule has 26 heavy (non-hydrogen) atoms. The molecule has 0 saturated carbocycles. The number of hydrogen-bond donors (Lipinski definition) is 2. The van der Waals surface area contributed by atoms with Crippen molar-refractivity contribution in [2.24, 2.45) is 0 Å². The zero-order chi connectivity index (χ0) is 19.0. The van der Waals surface area contributed by atoms with Gasteiger partial charge < -0.3 is 15.4 Å². The average molecular weight is 376 g/mol. The lowest BCUT2D eigenvalue weighted by molar-refractivity contribution is -0.140. The number of amides is 2. The normalized spacial score (nSPS) is 10.8. The highest BCUT2D eigenvalue weighted by atomic mass is 32.2. The quantitative estimate of drug-likeness (QED) is 0.571. The Morgan fingerprint density at radius 1 is 0.962 bits per heavy atom. The van der Waals surface area contributed by atoms with Gasteiger partial charge >= 0.3 is 12.0 Å². The van der Waals surface area contributed by atoms with E-state index in [0.29, 0.717) is 11.4 Å². The minimum atomic E-state index is -3.54. The van der Waals surface area contributed by atoms with Crippen molar-refractivity contribution in [1.29, 1.82) is 0 Å². The molecule has 0 fully saturated rings. The number of sulfone groups is 1. The first-order chi connectivity index (χ1) is 12.4. The van der Waals surface area contributed by atoms with Crippen molar-refractivity contribution < 1.29 is 22.7 Å². The van der Waals surface area contributed by atoms with Crippen molar-refractivity contribution in [3.63, 3.8) is 0 Å². The fourth-order valence-corrected chi connectivity index (χ4v) is 3.49. The van der Waals surface area contributed by atoms with Crippen molar-refractivity contribution in [1.82, 2.24) is 0 Å². The van der Waals surface area contributed by atoms with E-state index in [9.17, 15) is 18.0 Å². The number of carbonyl (C=O) groups is 2. The van der Waals surface area contributed by atoms with Crippen LogP contribution in [0.1, 0.15) is 13.3 Å². The van der Waals surface area contributed by atoms with E-state index in [-0.39, 0.29) is 23.7 Å². The molecule has 2 aromatic carbocycles. The van der Waals surface area contributed by atoms with Gasteiger partial charge in [0, 0.05) is 18.3 Å². The number of ether oxygens (including phenoxy) is 1. The summed E-state index contributed by atoms with van der Waals surface area (Å²) in [4.78, 5) is 22.8. The Kier molecular flexibility index (Phi) is 6.74. The van der Waals surface area contributed by atoms with Crippen LogP contribution in [-0.2, 0) is 19.4 Å². The molecule has 2 rings (SSSR count). The minimum Gasteiger partial charge on any atom is -0.466 e. The first-order valence-corrected chi connectivity index (χ1v) is 9.61. The lowest BCUT2D eigenvalue weighted by Crippen LogP contribution is -2.19. The number of rotatable bonds is 7. The second kappa shape index (κ2) is 9.00. The number of carbonyl (C=O) groups excluding carboxylic acids is 2. The van der Waals surface area contributed by atoms with Gasteiger partial charge in [-0.3, -0.25) is 4.79 Å². The lowest BCUT2D eigenvalue weighted by Gasteiger charge is -2.10. The van der Waals surface area contributed by atoms with Crippen LogP contribution < -0.4 is 10.6 Å². The molecule has 0 aliphatic carbocycles. The summed E-state index contributed by atoms with van der Waals surface area (Å²) in [5.74, 6) is -0.599. The first-order valence-electron chi connectivity index (χ1n) is 7.96. The predicted octanol–water partition coefficient (Wildman–Crippen LogP) is 3.06. The summed E-state index contributed by atoms with van der Waals surface area (Å²) in [6.45, 7) is 1.32. The molecule has 0 saturated heterocycles. The molecule has 7 nitrogen and oxygen atoms in total. The van der Waals surface area contributed by atoms with Crippen molar-refractivity contribution in [2.75, 3.05) is 23.0 Å². The molecule has 2 amide bonds. The number of nitrogens with one attached hydrogen (secondary N) is 2. The van der Waals surface area contributed by atoms with Gasteiger partial charge in [0.25, 0.3) is 0 Å². The molecule has 2 N–H and O–H groups in total. The summed E-state index contributed by atoms with van der Waals surface area (Å²) >= 11 is 0. The summed E-state index contributed by atoms with van der Waals surface area (Å²) in [7, 11) is -3.54. The maximum absolute atomic E-state index is 12.3. The van der Waals surface area contributed by atoms with E-state index in [1.54, 1.807) is 36.4 Å². The second-order valence-corrected chi connectivity index (χ2v) is 7.59. The van der Waals surface area contributed by atoms with Gasteiger partial charge in [0.15, 0.2) is 9.84 Å². The molecule has 0 atom stereocenters. The van der Waals surface area contributed by atoms with Gasteiger partial charge in [0.1, 0.15) is 0 Å². The smallest absolute Gasteiger partial charge is 0.323 e. The maximum Gasteiger partial charge on any atom is 0.323 e. The van der Waals surface area contributed by atoms with Gasteiger partial charge in [-0.1, -0.05) is 24.3 Å². The van der Waals surface area contributed by atoms with Crippen LogP contribution in [-0.4, -0.2) is 32.8 Å². The summed E-state index contributed by atoms with van der Waals surface area (Å²) in [6, 6.07) is 14.4. The van der Waals surface area contributed by atoms with Gasteiger partial charge in [0.05, 0.1) is 17.3 Å². The topological polar surface area (TPSA) is 102 Å². The molecule has 0 unspecified atom stereocenters. The monoisotopic (exact) mass is 376 g/mol. The first kappa shape index (κ1) is 19.5. The number of urea groups is 1. The van der Waals surface area contributed by atoms with E-state index in [2.05, 4.69) is 10.6 Å². The van der Waals surface area contributed by atoms with Crippen LogP contribution in [0.15, 0.2) is 59.5 Å². The van der Waals surface area contributed by atoms with E-state index in [1.807, 2.05) is 6.07 Å². The standard InChI is InChI=1S/C18H20N2O5S/c1-14(21)25-11-6-12-26(23,24)17-10-5-9-16(13-17)20-18(22)19-15-7-3-2-4-8-15/h2-5,7-10,13H,6,11-12H2,1H3,(H2,19,20,22). The summed E-state index contributed by atoms with van der Waals surface area (Å²) in [5.41, 5.74) is 0.985. The zero-order valence-electron chi connectivity index (χ0n) is 14.3. The largest absolute Gasteiger partial charge is 0.466 e. The molecule has 0 radical (unpaired) electrons. The molecule has 2 aromatic rings. The third-order valence-electron chi connectivity index (χ3n) is 3.35. The number of benzene rings is 2. The molecule has 0 bridgehead atoms. The van der Waals surface area contributed by atoms with Crippen molar-refractivity contribution >= 4 is 33.2 Å². The highest BCUT2D eigenvalue weighted by Gasteiger charge is 2.15. The van der Waals surface area contributed by atoms with Gasteiger partial charge in [-0.2, -0.15) is 0 Å². The number of anilines is 2. The van der Waals surface area contributed by atoms with Gasteiger partial charge in [-0.05, 0) is 36.8 Å². The zero-order valence-corrected chi connectivity index (χ0v) is 15.1. The Bertz CT molecular complexity index is 866. The van der Waals surface area contributed by atoms with E-state index in [0.717, 1.165) is 0 Å². The third-order valence-corrected chi connectivity index (χ3v) is 5.14. The van der Waals surface area contributed by atoms with Crippen molar-refractivity contribution in [3.05, 3.63) is 54.6 Å². The molecule has 0 aliphatic rings. The van der Waals surface area contributed by atoms with Crippen LogP contribution in [0.4, 0.5) is 16.2 Å². The Labute approximate surface area is 152 Å². The molecular formula is C18H20N2O5S. The minimum absolute atomic E-state index is 0.0476.